The summed E-state index contributed by atoms with van der Waals surface area (Å²) < 4.78 is 41.0. The zero-order chi connectivity index (χ0) is 22.9. The van der Waals surface area contributed by atoms with Crippen molar-refractivity contribution in [1.29, 1.82) is 0 Å². The molecule has 0 saturated carbocycles. The van der Waals surface area contributed by atoms with E-state index in [9.17, 15) is 17.6 Å². The van der Waals surface area contributed by atoms with Crippen LogP contribution < -0.4 is 5.32 Å². The van der Waals surface area contributed by atoms with Crippen LogP contribution in [0.25, 0.3) is 16.4 Å². The van der Waals surface area contributed by atoms with Crippen LogP contribution in [-0.2, 0) is 10.0 Å². The average molecular weight is 472 g/mol. The van der Waals surface area contributed by atoms with Gasteiger partial charge in [0.2, 0.25) is 15.8 Å². The number of benzene rings is 2. The van der Waals surface area contributed by atoms with Crippen molar-refractivity contribution in [2.75, 3.05) is 19.4 Å². The molecule has 0 spiro atoms. The van der Waals surface area contributed by atoms with Crippen LogP contribution >= 0.6 is 11.3 Å². The van der Waals surface area contributed by atoms with Gasteiger partial charge in [-0.2, -0.15) is 0 Å². The van der Waals surface area contributed by atoms with Gasteiger partial charge in [-0.15, -0.1) is 16.4 Å². The lowest BCUT2D eigenvalue weighted by Gasteiger charge is -2.12. The van der Waals surface area contributed by atoms with E-state index in [-0.39, 0.29) is 16.4 Å². The summed E-state index contributed by atoms with van der Waals surface area (Å²) in [6.07, 6.45) is 0. The Labute approximate surface area is 188 Å². The Hall–Kier alpha value is -3.41. The summed E-state index contributed by atoms with van der Waals surface area (Å²) in [4.78, 5) is 18.0. The second-order valence-corrected chi connectivity index (χ2v) is 10.00. The van der Waals surface area contributed by atoms with Gasteiger partial charge in [-0.3, -0.25) is 4.79 Å². The minimum atomic E-state index is -3.66. The summed E-state index contributed by atoms with van der Waals surface area (Å²) in [7, 11) is -0.807. The van der Waals surface area contributed by atoms with Gasteiger partial charge in [-0.1, -0.05) is 18.2 Å². The standard InChI is InChI=1S/C21H18FN5O3S2/c1-26(2)32(29,30)17-9-4-7-15(13-17)23-21(28)19-24-20(18-10-5-11-31-18)27(25-19)16-8-3-6-14(22)12-16/h3-13H,1-2H3,(H,23,28). The van der Waals surface area contributed by atoms with E-state index in [1.165, 1.54) is 60.4 Å². The molecule has 2 aromatic heterocycles. The van der Waals surface area contributed by atoms with Gasteiger partial charge in [-0.05, 0) is 47.8 Å². The third-order valence-electron chi connectivity index (χ3n) is 4.48. The van der Waals surface area contributed by atoms with Gasteiger partial charge in [0.1, 0.15) is 5.82 Å². The molecule has 1 amide bonds. The van der Waals surface area contributed by atoms with Crippen molar-refractivity contribution >= 4 is 33.0 Å². The van der Waals surface area contributed by atoms with E-state index in [0.29, 0.717) is 11.5 Å². The summed E-state index contributed by atoms with van der Waals surface area (Å²) in [6, 6.07) is 15.4. The highest BCUT2D eigenvalue weighted by atomic mass is 32.2. The molecule has 1 N–H and O–H groups in total. The number of rotatable bonds is 6. The topological polar surface area (TPSA) is 97.2 Å². The molecule has 0 atom stereocenters. The first-order valence-electron chi connectivity index (χ1n) is 9.36. The molecular formula is C21H18FN5O3S2. The van der Waals surface area contributed by atoms with Crippen molar-refractivity contribution in [1.82, 2.24) is 19.1 Å². The molecule has 0 aliphatic carbocycles. The number of thiophene rings is 1. The number of carbonyl (C=O) groups excluding carboxylic acids is 1. The highest BCUT2D eigenvalue weighted by Crippen LogP contribution is 2.26. The van der Waals surface area contributed by atoms with Crippen LogP contribution in [0.15, 0.2) is 70.9 Å². The molecule has 8 nitrogen and oxygen atoms in total. The summed E-state index contributed by atoms with van der Waals surface area (Å²) in [6.45, 7) is 0. The van der Waals surface area contributed by atoms with Crippen LogP contribution in [0.1, 0.15) is 10.6 Å². The molecule has 4 aromatic rings. The molecule has 0 saturated heterocycles. The van der Waals surface area contributed by atoms with Crippen molar-refractivity contribution in [3.05, 3.63) is 77.7 Å². The molecule has 0 fully saturated rings. The third-order valence-corrected chi connectivity index (χ3v) is 7.15. The largest absolute Gasteiger partial charge is 0.319 e. The number of nitrogens with one attached hydrogen (secondary N) is 1. The number of hydrogen-bond donors (Lipinski definition) is 1. The van der Waals surface area contributed by atoms with Gasteiger partial charge in [0.25, 0.3) is 5.91 Å². The van der Waals surface area contributed by atoms with Crippen LogP contribution in [-0.4, -0.2) is 47.5 Å². The number of carbonyl (C=O) groups is 1. The highest BCUT2D eigenvalue weighted by Gasteiger charge is 2.21. The van der Waals surface area contributed by atoms with E-state index in [0.717, 1.165) is 9.18 Å². The zero-order valence-electron chi connectivity index (χ0n) is 17.1. The number of sulfonamides is 1. The molecule has 0 bridgehead atoms. The number of aromatic nitrogens is 3. The first kappa shape index (κ1) is 21.8. The molecule has 11 heteroatoms. The second kappa shape index (κ2) is 8.61. The van der Waals surface area contributed by atoms with Crippen molar-refractivity contribution in [2.45, 2.75) is 4.90 Å². The molecule has 0 radical (unpaired) electrons. The lowest BCUT2D eigenvalue weighted by molar-refractivity contribution is 0.101. The summed E-state index contributed by atoms with van der Waals surface area (Å²) in [5.41, 5.74) is 0.691. The van der Waals surface area contributed by atoms with Gasteiger partial charge in [-0.25, -0.2) is 26.8 Å². The van der Waals surface area contributed by atoms with E-state index in [4.69, 9.17) is 0 Å². The molecule has 0 aliphatic heterocycles. The average Bonchev–Trinajstić information content (AvgIpc) is 3.44. The van der Waals surface area contributed by atoms with Crippen molar-refractivity contribution < 1.29 is 17.6 Å². The van der Waals surface area contributed by atoms with Crippen LogP contribution in [0, 0.1) is 5.82 Å². The predicted molar refractivity (Wildman–Crippen MR) is 120 cm³/mol. The third kappa shape index (κ3) is 4.31. The molecular weight excluding hydrogens is 453 g/mol. The normalized spacial score (nSPS) is 11.6. The van der Waals surface area contributed by atoms with E-state index in [1.807, 2.05) is 17.5 Å². The maximum absolute atomic E-state index is 13.8. The molecule has 164 valence electrons. The van der Waals surface area contributed by atoms with E-state index >= 15 is 0 Å². The summed E-state index contributed by atoms with van der Waals surface area (Å²) in [5.74, 6) is -0.823. The van der Waals surface area contributed by atoms with Crippen LogP contribution in [0.5, 0.6) is 0 Å². The van der Waals surface area contributed by atoms with E-state index in [2.05, 4.69) is 15.4 Å². The van der Waals surface area contributed by atoms with Gasteiger partial charge >= 0.3 is 0 Å². The number of hydrogen-bond acceptors (Lipinski definition) is 6. The Bertz CT molecular complexity index is 1380. The lowest BCUT2D eigenvalue weighted by Crippen LogP contribution is -2.22. The molecule has 32 heavy (non-hydrogen) atoms. The Morgan fingerprint density at radius 2 is 1.88 bits per heavy atom. The fourth-order valence-corrected chi connectivity index (χ4v) is 4.54. The number of nitrogens with zero attached hydrogens (tertiary/aromatic N) is 4. The SMILES string of the molecule is CN(C)S(=O)(=O)c1cccc(NC(=O)c2nc(-c3cccs3)n(-c3cccc(F)c3)n2)c1. The Kier molecular flexibility index (Phi) is 5.87. The predicted octanol–water partition coefficient (Wildman–Crippen LogP) is 3.64. The minimum Gasteiger partial charge on any atom is -0.319 e. The maximum atomic E-state index is 13.8. The van der Waals surface area contributed by atoms with Crippen LogP contribution in [0.4, 0.5) is 10.1 Å². The molecule has 2 heterocycles. The summed E-state index contributed by atoms with van der Waals surface area (Å²) in [5, 5.41) is 8.76. The minimum absolute atomic E-state index is 0.0397. The molecule has 0 aliphatic rings. The number of anilines is 1. The Morgan fingerprint density at radius 3 is 2.56 bits per heavy atom. The van der Waals surface area contributed by atoms with Gasteiger partial charge in [0.15, 0.2) is 5.82 Å². The Balaban J connectivity index is 1.69. The van der Waals surface area contributed by atoms with Gasteiger partial charge < -0.3 is 5.32 Å². The van der Waals surface area contributed by atoms with Gasteiger partial charge in [0.05, 0.1) is 15.5 Å². The fraction of sp³-hybridized carbons (Fsp3) is 0.0952. The molecule has 2 aromatic carbocycles. The first-order chi connectivity index (χ1) is 15.3. The smallest absolute Gasteiger partial charge is 0.295 e. The van der Waals surface area contributed by atoms with Crippen molar-refractivity contribution in [3.8, 4) is 16.4 Å². The number of amides is 1. The molecule has 0 unspecified atom stereocenters. The van der Waals surface area contributed by atoms with Crippen molar-refractivity contribution in [2.24, 2.45) is 0 Å². The monoisotopic (exact) mass is 471 g/mol. The maximum Gasteiger partial charge on any atom is 0.295 e. The van der Waals surface area contributed by atoms with Gasteiger partial charge in [0, 0.05) is 19.8 Å². The van der Waals surface area contributed by atoms with Crippen LogP contribution in [0.2, 0.25) is 0 Å². The van der Waals surface area contributed by atoms with E-state index < -0.39 is 21.7 Å². The Morgan fingerprint density at radius 1 is 1.09 bits per heavy atom. The molecule has 4 rings (SSSR count). The first-order valence-corrected chi connectivity index (χ1v) is 11.7. The van der Waals surface area contributed by atoms with Crippen LogP contribution in [0.3, 0.4) is 0 Å². The highest BCUT2D eigenvalue weighted by molar-refractivity contribution is 7.89. The van der Waals surface area contributed by atoms with E-state index in [1.54, 1.807) is 18.2 Å². The zero-order valence-corrected chi connectivity index (χ0v) is 18.7. The quantitative estimate of drug-likeness (QED) is 0.463. The lowest BCUT2D eigenvalue weighted by atomic mass is 10.3. The number of halogens is 1. The fourth-order valence-electron chi connectivity index (χ4n) is 2.89. The summed E-state index contributed by atoms with van der Waals surface area (Å²) >= 11 is 1.41. The van der Waals surface area contributed by atoms with Crippen molar-refractivity contribution in [3.63, 3.8) is 0 Å². The second-order valence-electron chi connectivity index (χ2n) is 6.90.